The topological polar surface area (TPSA) is 62.3 Å². The van der Waals surface area contributed by atoms with E-state index in [4.69, 9.17) is 0 Å². The van der Waals surface area contributed by atoms with Crippen LogP contribution in [0.4, 0.5) is 10.2 Å². The summed E-state index contributed by atoms with van der Waals surface area (Å²) >= 11 is 0. The van der Waals surface area contributed by atoms with Gasteiger partial charge < -0.3 is 5.32 Å². The van der Waals surface area contributed by atoms with E-state index in [1.54, 1.807) is 0 Å². The van der Waals surface area contributed by atoms with Gasteiger partial charge in [0.15, 0.2) is 11.6 Å². The predicted octanol–water partition coefficient (Wildman–Crippen LogP) is 0.524. The molecule has 0 aliphatic rings. The lowest BCUT2D eigenvalue weighted by atomic mass is 10.4. The maximum Gasteiger partial charge on any atom is 0.215 e. The second kappa shape index (κ2) is 5.22. The number of pyridine rings is 1. The van der Waals surface area contributed by atoms with Crippen LogP contribution in [0.1, 0.15) is 0 Å². The van der Waals surface area contributed by atoms with E-state index in [9.17, 15) is 12.8 Å². The van der Waals surface area contributed by atoms with E-state index in [0.29, 0.717) is 0 Å². The largest absolute Gasteiger partial charge is 0.367 e. The van der Waals surface area contributed by atoms with Gasteiger partial charge in [-0.3, -0.25) is 0 Å². The third-order valence-corrected chi connectivity index (χ3v) is 3.80. The van der Waals surface area contributed by atoms with Crippen molar-refractivity contribution < 1.29 is 12.8 Å². The summed E-state index contributed by atoms with van der Waals surface area (Å²) < 4.78 is 37.0. The molecule has 0 bridgehead atoms. The van der Waals surface area contributed by atoms with Gasteiger partial charge in [0.05, 0.1) is 5.75 Å². The molecule has 5 nitrogen and oxygen atoms in total. The van der Waals surface area contributed by atoms with Crippen LogP contribution in [0.25, 0.3) is 0 Å². The van der Waals surface area contributed by atoms with Crippen LogP contribution in [0.15, 0.2) is 18.3 Å². The molecule has 1 aromatic heterocycles. The number of anilines is 1. The fraction of sp³-hybridized carbons (Fsp3) is 0.444. The molecular weight excluding hydrogens is 233 g/mol. The molecule has 0 aliphatic carbocycles. The van der Waals surface area contributed by atoms with Crippen molar-refractivity contribution in [2.75, 3.05) is 31.7 Å². The van der Waals surface area contributed by atoms with Crippen molar-refractivity contribution in [3.63, 3.8) is 0 Å². The standard InChI is InChI=1S/C9H14FN3O2S/c1-13(2)16(14,15)7-6-12-9-8(10)4-3-5-11-9/h3-5H,6-7H2,1-2H3,(H,11,12). The van der Waals surface area contributed by atoms with E-state index < -0.39 is 15.8 Å². The zero-order valence-corrected chi connectivity index (χ0v) is 9.96. The summed E-state index contributed by atoms with van der Waals surface area (Å²) in [5.74, 6) is -0.531. The molecule has 1 aromatic rings. The minimum absolute atomic E-state index is 0.0662. The Morgan fingerprint density at radius 2 is 2.19 bits per heavy atom. The van der Waals surface area contributed by atoms with Gasteiger partial charge in [-0.05, 0) is 12.1 Å². The van der Waals surface area contributed by atoms with Gasteiger partial charge in [0.25, 0.3) is 0 Å². The molecule has 0 amide bonds. The average molecular weight is 247 g/mol. The monoisotopic (exact) mass is 247 g/mol. The molecule has 7 heteroatoms. The Morgan fingerprint density at radius 3 is 2.75 bits per heavy atom. The number of aromatic nitrogens is 1. The van der Waals surface area contributed by atoms with Gasteiger partial charge in [-0.25, -0.2) is 22.1 Å². The number of rotatable bonds is 5. The second-order valence-corrected chi connectivity index (χ2v) is 5.66. The number of nitrogens with one attached hydrogen (secondary N) is 1. The van der Waals surface area contributed by atoms with E-state index in [2.05, 4.69) is 10.3 Å². The third kappa shape index (κ3) is 3.42. The quantitative estimate of drug-likeness (QED) is 0.824. The molecule has 0 aromatic carbocycles. The molecule has 0 aliphatic heterocycles. The van der Waals surface area contributed by atoms with Crippen molar-refractivity contribution in [2.45, 2.75) is 0 Å². The predicted molar refractivity (Wildman–Crippen MR) is 60.2 cm³/mol. The van der Waals surface area contributed by atoms with Crippen LogP contribution >= 0.6 is 0 Å². The molecular formula is C9H14FN3O2S. The van der Waals surface area contributed by atoms with E-state index >= 15 is 0 Å². The summed E-state index contributed by atoms with van der Waals surface area (Å²) in [7, 11) is -0.350. The molecule has 0 fully saturated rings. The van der Waals surface area contributed by atoms with Gasteiger partial charge in [0, 0.05) is 26.8 Å². The highest BCUT2D eigenvalue weighted by atomic mass is 32.2. The Labute approximate surface area is 94.3 Å². The smallest absolute Gasteiger partial charge is 0.215 e. The van der Waals surface area contributed by atoms with Crippen molar-refractivity contribution in [1.29, 1.82) is 0 Å². The SMILES string of the molecule is CN(C)S(=O)(=O)CCNc1ncccc1F. The molecule has 0 unspecified atom stereocenters. The van der Waals surface area contributed by atoms with Crippen LogP contribution in [0.5, 0.6) is 0 Å². The summed E-state index contributed by atoms with van der Waals surface area (Å²) in [4.78, 5) is 3.75. The maximum atomic E-state index is 13.1. The summed E-state index contributed by atoms with van der Waals surface area (Å²) in [6.07, 6.45) is 1.44. The zero-order valence-electron chi connectivity index (χ0n) is 9.14. The number of halogens is 1. The molecule has 1 N–H and O–H groups in total. The van der Waals surface area contributed by atoms with Crippen molar-refractivity contribution in [3.05, 3.63) is 24.1 Å². The van der Waals surface area contributed by atoms with Gasteiger partial charge in [0.1, 0.15) is 0 Å². The molecule has 0 radical (unpaired) electrons. The summed E-state index contributed by atoms with van der Waals surface area (Å²) in [5, 5.41) is 2.63. The molecule has 16 heavy (non-hydrogen) atoms. The van der Waals surface area contributed by atoms with E-state index in [-0.39, 0.29) is 18.1 Å². The molecule has 90 valence electrons. The Kier molecular flexibility index (Phi) is 4.19. The number of hydrogen-bond acceptors (Lipinski definition) is 4. The summed E-state index contributed by atoms with van der Waals surface area (Å²) in [5.41, 5.74) is 0. The fourth-order valence-electron chi connectivity index (χ4n) is 0.997. The highest BCUT2D eigenvalue weighted by molar-refractivity contribution is 7.89. The van der Waals surface area contributed by atoms with Crippen LogP contribution in [0.3, 0.4) is 0 Å². The van der Waals surface area contributed by atoms with E-state index in [0.717, 1.165) is 4.31 Å². The maximum absolute atomic E-state index is 13.1. The molecule has 0 spiro atoms. The molecule has 0 atom stereocenters. The van der Waals surface area contributed by atoms with E-state index in [1.165, 1.54) is 32.4 Å². The van der Waals surface area contributed by atoms with Crippen molar-refractivity contribution in [1.82, 2.24) is 9.29 Å². The summed E-state index contributed by atoms with van der Waals surface area (Å²) in [6, 6.07) is 2.73. The first-order valence-corrected chi connectivity index (χ1v) is 6.29. The normalized spacial score (nSPS) is 11.8. The Balaban J connectivity index is 2.52. The molecule has 0 saturated heterocycles. The summed E-state index contributed by atoms with van der Waals surface area (Å²) in [6.45, 7) is 0.119. The third-order valence-electron chi connectivity index (χ3n) is 1.97. The van der Waals surface area contributed by atoms with Gasteiger partial charge >= 0.3 is 0 Å². The van der Waals surface area contributed by atoms with Crippen LogP contribution in [0.2, 0.25) is 0 Å². The first-order valence-electron chi connectivity index (χ1n) is 4.68. The van der Waals surface area contributed by atoms with E-state index in [1.807, 2.05) is 0 Å². The Hall–Kier alpha value is -1.21. The van der Waals surface area contributed by atoms with Crippen LogP contribution in [-0.2, 0) is 10.0 Å². The Bertz CT molecular complexity index is 448. The molecule has 1 rings (SSSR count). The molecule has 0 saturated carbocycles. The van der Waals surface area contributed by atoms with Gasteiger partial charge in [-0.2, -0.15) is 0 Å². The zero-order chi connectivity index (χ0) is 12.2. The lowest BCUT2D eigenvalue weighted by Gasteiger charge is -2.11. The minimum atomic E-state index is -3.26. The van der Waals surface area contributed by atoms with Crippen LogP contribution < -0.4 is 5.32 Å². The first kappa shape index (κ1) is 12.9. The van der Waals surface area contributed by atoms with Crippen molar-refractivity contribution in [3.8, 4) is 0 Å². The second-order valence-electron chi connectivity index (χ2n) is 3.36. The highest BCUT2D eigenvalue weighted by Gasteiger charge is 2.13. The average Bonchev–Trinajstić information content (AvgIpc) is 2.20. The van der Waals surface area contributed by atoms with Gasteiger partial charge in [-0.15, -0.1) is 0 Å². The lowest BCUT2D eigenvalue weighted by Crippen LogP contribution is -2.28. The number of sulfonamides is 1. The molecule has 1 heterocycles. The lowest BCUT2D eigenvalue weighted by molar-refractivity contribution is 0.521. The van der Waals surface area contributed by atoms with Gasteiger partial charge in [-0.1, -0.05) is 0 Å². The van der Waals surface area contributed by atoms with Crippen molar-refractivity contribution in [2.24, 2.45) is 0 Å². The first-order chi connectivity index (χ1) is 7.43. The van der Waals surface area contributed by atoms with Gasteiger partial charge in [0.2, 0.25) is 10.0 Å². The minimum Gasteiger partial charge on any atom is -0.367 e. The van der Waals surface area contributed by atoms with Crippen LogP contribution in [0, 0.1) is 5.82 Å². The van der Waals surface area contributed by atoms with Crippen LogP contribution in [-0.4, -0.2) is 44.1 Å². The Morgan fingerprint density at radius 1 is 1.50 bits per heavy atom. The van der Waals surface area contributed by atoms with Crippen molar-refractivity contribution >= 4 is 15.8 Å². The number of nitrogens with zero attached hydrogens (tertiary/aromatic N) is 2. The highest BCUT2D eigenvalue weighted by Crippen LogP contribution is 2.07. The number of hydrogen-bond donors (Lipinski definition) is 1. The fourth-order valence-corrected chi connectivity index (χ4v) is 1.72.